The second kappa shape index (κ2) is 8.45. The van der Waals surface area contributed by atoms with Gasteiger partial charge in [0, 0.05) is 15.8 Å². The first-order chi connectivity index (χ1) is 16.9. The summed E-state index contributed by atoms with van der Waals surface area (Å²) in [5.41, 5.74) is -0.242. The van der Waals surface area contributed by atoms with Crippen LogP contribution in [0.25, 0.3) is 16.5 Å². The molecule has 4 bridgehead atoms. The minimum absolute atomic E-state index is 0.00675. The first-order valence-corrected chi connectivity index (χ1v) is 13.4. The quantitative estimate of drug-likeness (QED) is 0.461. The van der Waals surface area contributed by atoms with Gasteiger partial charge in [-0.2, -0.15) is 9.78 Å². The van der Waals surface area contributed by atoms with Gasteiger partial charge < -0.3 is 10.1 Å². The predicted molar refractivity (Wildman–Crippen MR) is 135 cm³/mol. The molecule has 0 unspecified atom stereocenters. The summed E-state index contributed by atoms with van der Waals surface area (Å²) in [6.07, 6.45) is 6.52. The highest BCUT2D eigenvalue weighted by Crippen LogP contribution is 2.60. The third-order valence-corrected chi connectivity index (χ3v) is 9.09. The van der Waals surface area contributed by atoms with E-state index in [2.05, 4.69) is 10.4 Å². The van der Waals surface area contributed by atoms with E-state index in [-0.39, 0.29) is 29.0 Å². The number of rotatable bonds is 5. The first kappa shape index (κ1) is 22.7. The molecule has 7 nitrogen and oxygen atoms in total. The summed E-state index contributed by atoms with van der Waals surface area (Å²) in [5, 5.41) is 10.8. The Labute approximate surface area is 211 Å². The van der Waals surface area contributed by atoms with Crippen LogP contribution in [0.4, 0.5) is 5.00 Å². The molecule has 9 heteroatoms. The maximum atomic E-state index is 13.7. The molecule has 0 saturated heterocycles. The van der Waals surface area contributed by atoms with E-state index in [1.165, 1.54) is 35.3 Å². The lowest BCUT2D eigenvalue weighted by atomic mass is 9.49. The molecule has 182 valence electrons. The van der Waals surface area contributed by atoms with E-state index in [1.807, 2.05) is 0 Å². The van der Waals surface area contributed by atoms with Gasteiger partial charge in [0.2, 0.25) is 5.91 Å². The van der Waals surface area contributed by atoms with Crippen LogP contribution >= 0.6 is 22.9 Å². The molecular formula is C26H26ClN3O4S. The zero-order valence-electron chi connectivity index (χ0n) is 19.4. The number of fused-ring (bicyclic) bond motifs is 1. The molecule has 35 heavy (non-hydrogen) atoms. The largest absolute Gasteiger partial charge is 0.461 e. The van der Waals surface area contributed by atoms with Gasteiger partial charge in [-0.05, 0) is 87.5 Å². The maximum absolute atomic E-state index is 13.7. The van der Waals surface area contributed by atoms with Crippen LogP contribution in [0.3, 0.4) is 0 Å². The van der Waals surface area contributed by atoms with Crippen LogP contribution in [0.15, 0.2) is 34.4 Å². The Bertz CT molecular complexity index is 1360. The molecule has 4 saturated carbocycles. The smallest absolute Gasteiger partial charge is 0.359 e. The number of ether oxygens (including phenoxy) is 1. The third-order valence-electron chi connectivity index (χ3n) is 7.94. The van der Waals surface area contributed by atoms with E-state index in [0.717, 1.165) is 19.3 Å². The molecule has 4 aliphatic rings. The van der Waals surface area contributed by atoms with Gasteiger partial charge in [0.15, 0.2) is 5.69 Å². The van der Waals surface area contributed by atoms with E-state index in [4.69, 9.17) is 16.3 Å². The average Bonchev–Trinajstić information content (AvgIpc) is 3.23. The summed E-state index contributed by atoms with van der Waals surface area (Å²) in [7, 11) is 0. The van der Waals surface area contributed by atoms with Crippen molar-refractivity contribution in [1.29, 1.82) is 0 Å². The highest BCUT2D eigenvalue weighted by Gasteiger charge is 2.54. The number of nitrogens with one attached hydrogen (secondary N) is 1. The van der Waals surface area contributed by atoms with E-state index in [0.29, 0.717) is 38.9 Å². The zero-order valence-corrected chi connectivity index (χ0v) is 21.0. The van der Waals surface area contributed by atoms with Crippen molar-refractivity contribution in [3.63, 3.8) is 0 Å². The molecule has 0 atom stereocenters. The van der Waals surface area contributed by atoms with Crippen molar-refractivity contribution >= 4 is 50.6 Å². The molecule has 2 aromatic heterocycles. The number of anilines is 1. The summed E-state index contributed by atoms with van der Waals surface area (Å²) in [4.78, 5) is 40.1. The van der Waals surface area contributed by atoms with Crippen LogP contribution in [-0.2, 0) is 9.53 Å². The first-order valence-electron chi connectivity index (χ1n) is 12.2. The van der Waals surface area contributed by atoms with Crippen LogP contribution in [-0.4, -0.2) is 28.3 Å². The molecule has 0 radical (unpaired) electrons. The number of nitrogens with zero attached hydrogens (tertiary/aromatic N) is 2. The highest BCUT2D eigenvalue weighted by molar-refractivity contribution is 7.16. The van der Waals surface area contributed by atoms with Gasteiger partial charge in [-0.3, -0.25) is 9.59 Å². The Kier molecular flexibility index (Phi) is 5.49. The Morgan fingerprint density at radius 1 is 1.14 bits per heavy atom. The summed E-state index contributed by atoms with van der Waals surface area (Å²) in [5.74, 6) is 1.29. The monoisotopic (exact) mass is 511 g/mol. The number of amides is 1. The normalized spacial score (nSPS) is 26.7. The number of aromatic nitrogens is 2. The van der Waals surface area contributed by atoms with Gasteiger partial charge >= 0.3 is 5.97 Å². The molecule has 1 aromatic carbocycles. The number of hydrogen-bond donors (Lipinski definition) is 1. The summed E-state index contributed by atoms with van der Waals surface area (Å²) >= 11 is 7.27. The van der Waals surface area contributed by atoms with Crippen LogP contribution in [0.2, 0.25) is 5.02 Å². The lowest BCUT2D eigenvalue weighted by Gasteiger charge is -2.55. The molecule has 7 rings (SSSR count). The molecule has 4 fully saturated rings. The summed E-state index contributed by atoms with van der Waals surface area (Å²) in [6.45, 7) is 1.90. The number of halogens is 1. The summed E-state index contributed by atoms with van der Waals surface area (Å²) < 4.78 is 6.40. The fraction of sp³-hybridized carbons (Fsp3) is 0.462. The highest BCUT2D eigenvalue weighted by atomic mass is 35.5. The molecule has 1 amide bonds. The van der Waals surface area contributed by atoms with E-state index in [1.54, 1.807) is 36.6 Å². The van der Waals surface area contributed by atoms with Crippen molar-refractivity contribution < 1.29 is 14.3 Å². The Balaban J connectivity index is 1.44. The lowest BCUT2D eigenvalue weighted by molar-refractivity contribution is -0.140. The molecule has 2 heterocycles. The second-order valence-electron chi connectivity index (χ2n) is 10.3. The Morgan fingerprint density at radius 2 is 1.77 bits per heavy atom. The van der Waals surface area contributed by atoms with Gasteiger partial charge in [-0.15, -0.1) is 11.3 Å². The Morgan fingerprint density at radius 3 is 2.37 bits per heavy atom. The number of carbonyl (C=O) groups excluding carboxylic acids is 2. The number of hydrogen-bond acceptors (Lipinski definition) is 6. The minimum atomic E-state index is -0.614. The van der Waals surface area contributed by atoms with Crippen molar-refractivity contribution in [2.45, 2.75) is 45.4 Å². The average molecular weight is 512 g/mol. The summed E-state index contributed by atoms with van der Waals surface area (Å²) in [6, 6.07) is 6.64. The number of esters is 1. The molecule has 3 aromatic rings. The number of thiophene rings is 1. The number of benzene rings is 1. The van der Waals surface area contributed by atoms with E-state index < -0.39 is 11.5 Å². The van der Waals surface area contributed by atoms with Crippen molar-refractivity contribution in [2.75, 3.05) is 11.9 Å². The minimum Gasteiger partial charge on any atom is -0.461 e. The van der Waals surface area contributed by atoms with Gasteiger partial charge in [-0.1, -0.05) is 11.6 Å². The van der Waals surface area contributed by atoms with Crippen LogP contribution in [0.1, 0.15) is 55.9 Å². The van der Waals surface area contributed by atoms with Crippen molar-refractivity contribution in [1.82, 2.24) is 9.78 Å². The number of carbonyl (C=O) groups is 2. The standard InChI is InChI=1S/C26H26ClN3O4S/c1-2-34-24(32)21-19-13-35-22(20(19)23(31)30(29-21)18-5-3-17(27)4-6-18)28-25(33)26-10-14-7-15(11-26)9-16(8-14)12-26/h3-6,13-16H,2,7-12H2,1H3,(H,28,33). The predicted octanol–water partition coefficient (Wildman–Crippen LogP) is 5.43. The Hall–Kier alpha value is -2.71. The SMILES string of the molecule is CCOC(=O)c1nn(-c2ccc(Cl)cc2)c(=O)c2c(NC(=O)C34CC5CC(CC(C5)C3)C4)scc12. The van der Waals surface area contributed by atoms with E-state index in [9.17, 15) is 14.4 Å². The van der Waals surface area contributed by atoms with Crippen molar-refractivity contribution in [2.24, 2.45) is 23.2 Å². The van der Waals surface area contributed by atoms with E-state index >= 15 is 0 Å². The third kappa shape index (κ3) is 3.78. The van der Waals surface area contributed by atoms with Crippen LogP contribution < -0.4 is 10.9 Å². The van der Waals surface area contributed by atoms with Crippen LogP contribution in [0, 0.1) is 23.2 Å². The van der Waals surface area contributed by atoms with Gasteiger partial charge in [0.25, 0.3) is 5.56 Å². The lowest BCUT2D eigenvalue weighted by Crippen LogP contribution is -2.51. The van der Waals surface area contributed by atoms with Crippen molar-refractivity contribution in [3.05, 3.63) is 50.7 Å². The van der Waals surface area contributed by atoms with Gasteiger partial charge in [0.1, 0.15) is 5.00 Å². The topological polar surface area (TPSA) is 90.3 Å². The second-order valence-corrected chi connectivity index (χ2v) is 11.6. The van der Waals surface area contributed by atoms with Gasteiger partial charge in [0.05, 0.1) is 23.1 Å². The fourth-order valence-corrected chi connectivity index (χ4v) is 7.93. The zero-order chi connectivity index (χ0) is 24.3. The fourth-order valence-electron chi connectivity index (χ4n) is 6.87. The van der Waals surface area contributed by atoms with Crippen LogP contribution in [0.5, 0.6) is 0 Å². The molecular weight excluding hydrogens is 486 g/mol. The maximum Gasteiger partial charge on any atom is 0.359 e. The molecule has 0 spiro atoms. The molecule has 1 N–H and O–H groups in total. The molecule has 0 aliphatic heterocycles. The van der Waals surface area contributed by atoms with Crippen molar-refractivity contribution in [3.8, 4) is 5.69 Å². The van der Waals surface area contributed by atoms with Gasteiger partial charge in [-0.25, -0.2) is 4.79 Å². The molecule has 4 aliphatic carbocycles.